The van der Waals surface area contributed by atoms with Gasteiger partial charge in [-0.05, 0) is 56.0 Å². The van der Waals surface area contributed by atoms with E-state index >= 15 is 0 Å². The molecule has 3 atom stereocenters. The molecule has 2 aliphatic rings. The molecular weight excluding hydrogens is 346 g/mol. The van der Waals surface area contributed by atoms with Crippen molar-refractivity contribution in [2.45, 2.75) is 45.3 Å². The first-order valence-electron chi connectivity index (χ1n) is 10.2. The summed E-state index contributed by atoms with van der Waals surface area (Å²) in [6.07, 6.45) is 3.08. The third-order valence-corrected chi connectivity index (χ3v) is 6.58. The molecule has 0 radical (unpaired) electrons. The minimum atomic E-state index is 0.162. The van der Waals surface area contributed by atoms with E-state index < -0.39 is 0 Å². The molecule has 3 aromatic rings. The number of fused-ring (bicyclic) bond motifs is 2. The Bertz CT molecular complexity index is 1030. The van der Waals surface area contributed by atoms with Gasteiger partial charge in [0.25, 0.3) is 0 Å². The number of hydrogen-bond donors (Lipinski definition) is 2. The van der Waals surface area contributed by atoms with Gasteiger partial charge >= 0.3 is 0 Å². The van der Waals surface area contributed by atoms with E-state index in [1.165, 1.54) is 28.8 Å². The molecule has 2 fully saturated rings. The van der Waals surface area contributed by atoms with Crippen LogP contribution in [0.3, 0.4) is 0 Å². The molecule has 5 nitrogen and oxygen atoms in total. The summed E-state index contributed by atoms with van der Waals surface area (Å²) in [7, 11) is 0. The molecule has 0 aliphatic carbocycles. The van der Waals surface area contributed by atoms with Crippen molar-refractivity contribution < 1.29 is 0 Å². The zero-order valence-electron chi connectivity index (χ0n) is 16.7. The summed E-state index contributed by atoms with van der Waals surface area (Å²) in [5, 5.41) is 18.1. The Hall–Kier alpha value is -2.66. The van der Waals surface area contributed by atoms with Crippen LogP contribution in [-0.2, 0) is 0 Å². The Morgan fingerprint density at radius 2 is 2.11 bits per heavy atom. The summed E-state index contributed by atoms with van der Waals surface area (Å²) < 4.78 is 0. The molecule has 2 aromatic carbocycles. The van der Waals surface area contributed by atoms with Crippen LogP contribution in [0.15, 0.2) is 42.6 Å². The highest BCUT2D eigenvalue weighted by Gasteiger charge is 2.40. The molecule has 0 unspecified atom stereocenters. The highest BCUT2D eigenvalue weighted by atomic mass is 15.3. The van der Waals surface area contributed by atoms with Gasteiger partial charge in [-0.3, -0.25) is 0 Å². The number of hydrogen-bond acceptors (Lipinski definition) is 5. The Morgan fingerprint density at radius 3 is 2.89 bits per heavy atom. The average molecular weight is 374 g/mol. The maximum absolute atomic E-state index is 4.45. The van der Waals surface area contributed by atoms with Crippen LogP contribution in [0, 0.1) is 13.8 Å². The first-order chi connectivity index (χ1) is 13.6. The van der Waals surface area contributed by atoms with Crippen LogP contribution in [0.25, 0.3) is 10.8 Å². The van der Waals surface area contributed by atoms with E-state index in [1.54, 1.807) is 0 Å². The van der Waals surface area contributed by atoms with Gasteiger partial charge in [-0.2, -0.15) is 5.10 Å². The van der Waals surface area contributed by atoms with Crippen molar-refractivity contribution >= 4 is 22.3 Å². The number of nitrogens with one attached hydrogen (secondary N) is 2. The first kappa shape index (κ1) is 17.4. The summed E-state index contributed by atoms with van der Waals surface area (Å²) in [5.74, 6) is 0.857. The van der Waals surface area contributed by atoms with Crippen molar-refractivity contribution in [3.8, 4) is 0 Å². The molecule has 5 heteroatoms. The third kappa shape index (κ3) is 2.81. The van der Waals surface area contributed by atoms with Crippen molar-refractivity contribution in [1.82, 2.24) is 15.5 Å². The lowest BCUT2D eigenvalue weighted by Gasteiger charge is -2.38. The van der Waals surface area contributed by atoms with E-state index in [0.717, 1.165) is 29.7 Å². The minimum Gasteiger partial charge on any atom is -0.366 e. The predicted octanol–water partition coefficient (Wildman–Crippen LogP) is 3.97. The Balaban J connectivity index is 1.48. The summed E-state index contributed by atoms with van der Waals surface area (Å²) >= 11 is 0. The van der Waals surface area contributed by atoms with Crippen LogP contribution >= 0.6 is 0 Å². The van der Waals surface area contributed by atoms with Crippen LogP contribution in [-0.4, -0.2) is 35.4 Å². The fourth-order valence-corrected chi connectivity index (χ4v) is 4.65. The lowest BCUT2D eigenvalue weighted by molar-refractivity contribution is 0.348. The van der Waals surface area contributed by atoms with Gasteiger partial charge in [-0.15, -0.1) is 5.10 Å². The van der Waals surface area contributed by atoms with Gasteiger partial charge in [-0.25, -0.2) is 0 Å². The second-order valence-corrected chi connectivity index (χ2v) is 8.18. The summed E-state index contributed by atoms with van der Waals surface area (Å²) in [4.78, 5) is 2.54. The summed E-state index contributed by atoms with van der Waals surface area (Å²) in [5.41, 5.74) is 5.24. The highest BCUT2D eigenvalue weighted by Crippen LogP contribution is 2.34. The molecule has 0 spiro atoms. The van der Waals surface area contributed by atoms with E-state index in [1.807, 2.05) is 6.20 Å². The van der Waals surface area contributed by atoms with Gasteiger partial charge in [0.1, 0.15) is 0 Å². The van der Waals surface area contributed by atoms with Crippen molar-refractivity contribution in [1.29, 1.82) is 0 Å². The molecule has 144 valence electrons. The Morgan fingerprint density at radius 1 is 1.21 bits per heavy atom. The smallest absolute Gasteiger partial charge is 0.157 e. The molecule has 3 heterocycles. The molecule has 0 bridgehead atoms. The zero-order valence-corrected chi connectivity index (χ0v) is 16.7. The number of rotatable bonds is 4. The van der Waals surface area contributed by atoms with Crippen molar-refractivity contribution in [3.63, 3.8) is 0 Å². The fourth-order valence-electron chi connectivity index (χ4n) is 4.65. The molecule has 2 aliphatic heterocycles. The Kier molecular flexibility index (Phi) is 4.20. The molecule has 1 aromatic heterocycles. The maximum Gasteiger partial charge on any atom is 0.157 e. The molecule has 28 heavy (non-hydrogen) atoms. The lowest BCUT2D eigenvalue weighted by Crippen LogP contribution is -2.59. The van der Waals surface area contributed by atoms with Crippen LogP contribution in [0.1, 0.15) is 36.1 Å². The van der Waals surface area contributed by atoms with Gasteiger partial charge in [0, 0.05) is 35.6 Å². The quantitative estimate of drug-likeness (QED) is 0.725. The Labute approximate surface area is 166 Å². The van der Waals surface area contributed by atoms with E-state index in [2.05, 4.69) is 82.9 Å². The number of anilines is 2. The number of aromatic nitrogens is 2. The van der Waals surface area contributed by atoms with Gasteiger partial charge < -0.3 is 15.5 Å². The van der Waals surface area contributed by atoms with Crippen LogP contribution in [0.4, 0.5) is 11.5 Å². The monoisotopic (exact) mass is 373 g/mol. The summed E-state index contributed by atoms with van der Waals surface area (Å²) in [6.45, 7) is 8.75. The topological polar surface area (TPSA) is 53.1 Å². The first-order valence-corrected chi connectivity index (χ1v) is 10.2. The number of nitrogens with zero attached hydrogens (tertiary/aromatic N) is 3. The van der Waals surface area contributed by atoms with Gasteiger partial charge in [-0.1, -0.05) is 24.3 Å². The van der Waals surface area contributed by atoms with Gasteiger partial charge in [0.15, 0.2) is 5.82 Å². The van der Waals surface area contributed by atoms with E-state index in [0.29, 0.717) is 12.1 Å². The highest BCUT2D eigenvalue weighted by molar-refractivity contribution is 5.93. The third-order valence-electron chi connectivity index (χ3n) is 6.58. The lowest BCUT2D eigenvalue weighted by atomic mass is 9.98. The van der Waals surface area contributed by atoms with Crippen LogP contribution < -0.4 is 15.5 Å². The van der Waals surface area contributed by atoms with Crippen LogP contribution in [0.2, 0.25) is 0 Å². The minimum absolute atomic E-state index is 0.162. The second kappa shape index (κ2) is 6.74. The number of benzene rings is 2. The maximum atomic E-state index is 4.45. The predicted molar refractivity (Wildman–Crippen MR) is 115 cm³/mol. The molecule has 0 saturated carbocycles. The van der Waals surface area contributed by atoms with Gasteiger partial charge in [0.2, 0.25) is 0 Å². The van der Waals surface area contributed by atoms with Crippen molar-refractivity contribution in [2.24, 2.45) is 0 Å². The van der Waals surface area contributed by atoms with E-state index in [-0.39, 0.29) is 6.04 Å². The summed E-state index contributed by atoms with van der Waals surface area (Å²) in [6, 6.07) is 14.6. The van der Waals surface area contributed by atoms with Crippen molar-refractivity contribution in [2.75, 3.05) is 23.3 Å². The largest absolute Gasteiger partial charge is 0.366 e. The molecule has 2 saturated heterocycles. The molecular formula is C23H27N5. The standard InChI is InChI=1S/C23H27N5/c1-14-5-4-6-19(15(14)2)16(3)26-23-20-11-18(8-7-17(20)12-25-27-23)28-10-9-21-22(28)13-24-21/h4-8,11-12,16,21-22,24H,9-10,13H2,1-3H3,(H,26,27)/t16-,21-,22-/m1/s1. The van der Waals surface area contributed by atoms with Crippen LogP contribution in [0.5, 0.6) is 0 Å². The SMILES string of the molecule is Cc1cccc([C@@H](C)Nc2nncc3ccc(N4CC[C@H]5NC[C@H]54)cc23)c1C. The zero-order chi connectivity index (χ0) is 19.3. The normalized spacial score (nSPS) is 22.0. The molecule has 0 amide bonds. The van der Waals surface area contributed by atoms with E-state index in [4.69, 9.17) is 0 Å². The van der Waals surface area contributed by atoms with Crippen molar-refractivity contribution in [3.05, 3.63) is 59.3 Å². The average Bonchev–Trinajstić information content (AvgIpc) is 2.97. The second-order valence-electron chi connectivity index (χ2n) is 8.18. The van der Waals surface area contributed by atoms with Gasteiger partial charge in [0.05, 0.1) is 18.3 Å². The number of aryl methyl sites for hydroxylation is 1. The molecule has 5 rings (SSSR count). The van der Waals surface area contributed by atoms with E-state index in [9.17, 15) is 0 Å². The fraction of sp³-hybridized carbons (Fsp3) is 0.391. The molecule has 2 N–H and O–H groups in total.